The third kappa shape index (κ3) is 7.23. The van der Waals surface area contributed by atoms with E-state index in [9.17, 15) is 0 Å². The SMILES string of the molecule is C1CCCC1.C=CC#N. The van der Waals surface area contributed by atoms with Crippen LogP contribution in [0.1, 0.15) is 32.1 Å². The Morgan fingerprint density at radius 2 is 1.33 bits per heavy atom. The third-order valence-electron chi connectivity index (χ3n) is 1.34. The van der Waals surface area contributed by atoms with E-state index in [4.69, 9.17) is 5.26 Å². The summed E-state index contributed by atoms with van der Waals surface area (Å²) in [5.41, 5.74) is 0. The van der Waals surface area contributed by atoms with Crippen molar-refractivity contribution in [2.24, 2.45) is 0 Å². The lowest BCUT2D eigenvalue weighted by Gasteiger charge is -1.67. The highest BCUT2D eigenvalue weighted by molar-refractivity contribution is 4.93. The van der Waals surface area contributed by atoms with E-state index in [2.05, 4.69) is 6.58 Å². The summed E-state index contributed by atoms with van der Waals surface area (Å²) >= 11 is 0. The second-order valence-corrected chi connectivity index (χ2v) is 2.10. The lowest BCUT2D eigenvalue weighted by Crippen LogP contribution is -1.47. The van der Waals surface area contributed by atoms with E-state index in [-0.39, 0.29) is 0 Å². The number of nitrogens with zero attached hydrogens (tertiary/aromatic N) is 1. The van der Waals surface area contributed by atoms with E-state index in [1.54, 1.807) is 6.07 Å². The highest BCUT2D eigenvalue weighted by atomic mass is 14.2. The highest BCUT2D eigenvalue weighted by Crippen LogP contribution is 2.15. The number of hydrogen-bond acceptors (Lipinski definition) is 1. The van der Waals surface area contributed by atoms with Gasteiger partial charge in [-0.2, -0.15) is 5.26 Å². The van der Waals surface area contributed by atoms with Crippen LogP contribution in [0.15, 0.2) is 12.7 Å². The quantitative estimate of drug-likeness (QED) is 0.454. The van der Waals surface area contributed by atoms with Crippen LogP contribution < -0.4 is 0 Å². The Balaban J connectivity index is 0.000000148. The first kappa shape index (κ1) is 8.23. The Labute approximate surface area is 57.0 Å². The molecule has 1 aliphatic carbocycles. The molecule has 50 valence electrons. The molecular formula is C8H13N. The van der Waals surface area contributed by atoms with Crippen molar-refractivity contribution in [3.8, 4) is 6.07 Å². The first-order valence-electron chi connectivity index (χ1n) is 3.42. The van der Waals surface area contributed by atoms with Crippen molar-refractivity contribution in [1.29, 1.82) is 5.26 Å². The molecule has 0 amide bonds. The molecular weight excluding hydrogens is 110 g/mol. The molecule has 0 radical (unpaired) electrons. The zero-order valence-electron chi connectivity index (χ0n) is 5.77. The summed E-state index contributed by atoms with van der Waals surface area (Å²) in [4.78, 5) is 0. The monoisotopic (exact) mass is 123 g/mol. The van der Waals surface area contributed by atoms with Gasteiger partial charge in [0.2, 0.25) is 0 Å². The molecule has 0 aromatic carbocycles. The Hall–Kier alpha value is -0.770. The van der Waals surface area contributed by atoms with Crippen LogP contribution in [0.4, 0.5) is 0 Å². The van der Waals surface area contributed by atoms with Crippen molar-refractivity contribution in [1.82, 2.24) is 0 Å². The van der Waals surface area contributed by atoms with Gasteiger partial charge in [-0.1, -0.05) is 38.7 Å². The van der Waals surface area contributed by atoms with Gasteiger partial charge in [0.25, 0.3) is 0 Å². The number of hydrogen-bond donors (Lipinski definition) is 0. The van der Waals surface area contributed by atoms with Crippen LogP contribution in [-0.4, -0.2) is 0 Å². The minimum Gasteiger partial charge on any atom is -0.193 e. The molecule has 1 aliphatic rings. The van der Waals surface area contributed by atoms with Crippen molar-refractivity contribution >= 4 is 0 Å². The molecule has 0 bridgehead atoms. The molecule has 1 rings (SSSR count). The highest BCUT2D eigenvalue weighted by Gasteiger charge is 1.95. The fourth-order valence-electron chi connectivity index (χ4n) is 0.884. The molecule has 9 heavy (non-hydrogen) atoms. The topological polar surface area (TPSA) is 23.8 Å². The molecule has 0 aliphatic heterocycles. The van der Waals surface area contributed by atoms with Crippen molar-refractivity contribution < 1.29 is 0 Å². The molecule has 0 heterocycles. The summed E-state index contributed by atoms with van der Waals surface area (Å²) in [5, 5.41) is 7.51. The molecule has 0 aromatic heterocycles. The maximum atomic E-state index is 7.51. The van der Waals surface area contributed by atoms with Gasteiger partial charge in [0, 0.05) is 6.08 Å². The van der Waals surface area contributed by atoms with Gasteiger partial charge in [0.15, 0.2) is 0 Å². The summed E-state index contributed by atoms with van der Waals surface area (Å²) in [6.45, 7) is 3.12. The molecule has 1 nitrogen and oxygen atoms in total. The Kier molecular flexibility index (Phi) is 6.61. The van der Waals surface area contributed by atoms with Crippen LogP contribution in [0.25, 0.3) is 0 Å². The van der Waals surface area contributed by atoms with Gasteiger partial charge in [-0.05, 0) is 0 Å². The van der Waals surface area contributed by atoms with Crippen molar-refractivity contribution in [3.05, 3.63) is 12.7 Å². The Morgan fingerprint density at radius 1 is 1.11 bits per heavy atom. The lowest BCUT2D eigenvalue weighted by molar-refractivity contribution is 0.886. The van der Waals surface area contributed by atoms with Gasteiger partial charge in [0.05, 0.1) is 6.07 Å². The first-order valence-corrected chi connectivity index (χ1v) is 3.42. The van der Waals surface area contributed by atoms with Gasteiger partial charge >= 0.3 is 0 Å². The van der Waals surface area contributed by atoms with Crippen molar-refractivity contribution in [3.63, 3.8) is 0 Å². The number of allylic oxidation sites excluding steroid dienone is 1. The van der Waals surface area contributed by atoms with Crippen LogP contribution in [-0.2, 0) is 0 Å². The third-order valence-corrected chi connectivity index (χ3v) is 1.34. The predicted molar refractivity (Wildman–Crippen MR) is 38.9 cm³/mol. The van der Waals surface area contributed by atoms with Gasteiger partial charge < -0.3 is 0 Å². The molecule has 0 saturated heterocycles. The fraction of sp³-hybridized carbons (Fsp3) is 0.625. The maximum Gasteiger partial charge on any atom is 0.0905 e. The average molecular weight is 123 g/mol. The van der Waals surface area contributed by atoms with Crippen LogP contribution in [0, 0.1) is 11.3 Å². The standard InChI is InChI=1S/C5H10.C3H3N/c1-2-4-5-3-1;1-2-3-4/h1-5H2;2H,1H2. The van der Waals surface area contributed by atoms with Crippen molar-refractivity contribution in [2.45, 2.75) is 32.1 Å². The summed E-state index contributed by atoms with van der Waals surface area (Å²) in [7, 11) is 0. The molecule has 0 aromatic rings. The summed E-state index contributed by atoms with van der Waals surface area (Å²) < 4.78 is 0. The first-order chi connectivity index (χ1) is 4.41. The average Bonchev–Trinajstić information content (AvgIpc) is 2.43. The number of rotatable bonds is 0. The summed E-state index contributed by atoms with van der Waals surface area (Å²) in [6, 6.07) is 1.69. The summed E-state index contributed by atoms with van der Waals surface area (Å²) in [5.74, 6) is 0. The van der Waals surface area contributed by atoms with Crippen LogP contribution in [0.2, 0.25) is 0 Å². The molecule has 0 unspecified atom stereocenters. The zero-order valence-corrected chi connectivity index (χ0v) is 5.77. The van der Waals surface area contributed by atoms with Crippen LogP contribution in [0.5, 0.6) is 0 Å². The molecule has 1 fully saturated rings. The number of nitriles is 1. The van der Waals surface area contributed by atoms with E-state index in [0.29, 0.717) is 0 Å². The second-order valence-electron chi connectivity index (χ2n) is 2.10. The second kappa shape index (κ2) is 7.23. The minimum absolute atomic E-state index is 1.18. The largest absolute Gasteiger partial charge is 0.193 e. The van der Waals surface area contributed by atoms with Crippen LogP contribution in [0.3, 0.4) is 0 Å². The fourth-order valence-corrected chi connectivity index (χ4v) is 0.884. The Bertz CT molecular complexity index is 88.0. The normalized spacial score (nSPS) is 15.0. The van der Waals surface area contributed by atoms with Gasteiger partial charge in [-0.15, -0.1) is 0 Å². The van der Waals surface area contributed by atoms with E-state index in [0.717, 1.165) is 0 Å². The molecule has 1 saturated carbocycles. The maximum absolute atomic E-state index is 7.51. The predicted octanol–water partition coefficient (Wildman–Crippen LogP) is 2.65. The van der Waals surface area contributed by atoms with E-state index in [1.807, 2.05) is 0 Å². The lowest BCUT2D eigenvalue weighted by atomic mass is 10.4. The molecule has 0 N–H and O–H groups in total. The summed E-state index contributed by atoms with van der Waals surface area (Å²) in [6.07, 6.45) is 8.68. The smallest absolute Gasteiger partial charge is 0.0905 e. The Morgan fingerprint density at radius 3 is 1.44 bits per heavy atom. The zero-order chi connectivity index (χ0) is 6.95. The van der Waals surface area contributed by atoms with Gasteiger partial charge in [0.1, 0.15) is 0 Å². The van der Waals surface area contributed by atoms with Gasteiger partial charge in [-0.25, -0.2) is 0 Å². The minimum atomic E-state index is 1.18. The van der Waals surface area contributed by atoms with Crippen molar-refractivity contribution in [2.75, 3.05) is 0 Å². The van der Waals surface area contributed by atoms with Gasteiger partial charge in [-0.3, -0.25) is 0 Å². The van der Waals surface area contributed by atoms with Crippen LogP contribution >= 0.6 is 0 Å². The molecule has 0 spiro atoms. The molecule has 1 heteroatoms. The van der Waals surface area contributed by atoms with E-state index < -0.39 is 0 Å². The van der Waals surface area contributed by atoms with E-state index in [1.165, 1.54) is 38.2 Å². The van der Waals surface area contributed by atoms with E-state index >= 15 is 0 Å². The molecule has 0 atom stereocenters.